The molecule has 0 saturated carbocycles. The highest BCUT2D eigenvalue weighted by Gasteiger charge is 2.39. The number of aryl methyl sites for hydroxylation is 1. The van der Waals surface area contributed by atoms with E-state index in [1.165, 1.54) is 6.07 Å². The lowest BCUT2D eigenvalue weighted by Crippen LogP contribution is -2.41. The summed E-state index contributed by atoms with van der Waals surface area (Å²) in [5.74, 6) is -1.26. The molecule has 1 fully saturated rings. The van der Waals surface area contributed by atoms with Crippen LogP contribution in [0.3, 0.4) is 0 Å². The van der Waals surface area contributed by atoms with Gasteiger partial charge < -0.3 is 5.32 Å². The zero-order chi connectivity index (χ0) is 26.3. The Balaban J connectivity index is 1.44. The molecule has 0 aliphatic carbocycles. The first-order chi connectivity index (χ1) is 17.7. The number of urea groups is 1. The molecule has 3 atom stereocenters. The molecule has 192 valence electrons. The zero-order valence-corrected chi connectivity index (χ0v) is 21.1. The number of para-hydroxylation sites is 1. The number of carbonyl (C=O) groups excluding carboxylic acids is 1. The van der Waals surface area contributed by atoms with Gasteiger partial charge in [-0.3, -0.25) is 14.9 Å². The van der Waals surface area contributed by atoms with Crippen LogP contribution in [0.5, 0.6) is 0 Å². The molecule has 1 aliphatic rings. The molecule has 37 heavy (non-hydrogen) atoms. The summed E-state index contributed by atoms with van der Waals surface area (Å²) in [6, 6.07) is 12.6. The fraction of sp³-hybridized carbons (Fsp3) is 0.296. The van der Waals surface area contributed by atoms with Gasteiger partial charge in [0.2, 0.25) is 0 Å². The van der Waals surface area contributed by atoms with Gasteiger partial charge in [0.15, 0.2) is 11.6 Å². The Kier molecular flexibility index (Phi) is 6.51. The van der Waals surface area contributed by atoms with Crippen molar-refractivity contribution in [1.29, 1.82) is 0 Å². The predicted molar refractivity (Wildman–Crippen MR) is 137 cm³/mol. The first-order valence-corrected chi connectivity index (χ1v) is 12.1. The molecule has 0 unspecified atom stereocenters. The smallest absolute Gasteiger partial charge is 0.320 e. The van der Waals surface area contributed by atoms with Crippen LogP contribution in [0.15, 0.2) is 60.9 Å². The summed E-state index contributed by atoms with van der Waals surface area (Å²) in [7, 11) is 3.76. The molecule has 1 saturated heterocycles. The van der Waals surface area contributed by atoms with Crippen LogP contribution in [0.2, 0.25) is 0 Å². The van der Waals surface area contributed by atoms with Crippen molar-refractivity contribution in [2.24, 2.45) is 7.05 Å². The Morgan fingerprint density at radius 1 is 1.08 bits per heavy atom. The van der Waals surface area contributed by atoms with Gasteiger partial charge in [0, 0.05) is 30.4 Å². The highest BCUT2D eigenvalue weighted by molar-refractivity contribution is 5.91. The Bertz CT molecular complexity index is 1430. The van der Waals surface area contributed by atoms with E-state index in [0.717, 1.165) is 22.9 Å². The Hall–Kier alpha value is -4.05. The second-order valence-corrected chi connectivity index (χ2v) is 9.55. The number of likely N-dealkylation sites (N-methyl/N-ethyl adjacent to an activating group) is 1. The van der Waals surface area contributed by atoms with Crippen LogP contribution < -0.4 is 10.6 Å². The van der Waals surface area contributed by atoms with Gasteiger partial charge in [0.25, 0.3) is 0 Å². The third kappa shape index (κ3) is 4.72. The lowest BCUT2D eigenvalue weighted by Gasteiger charge is -2.27. The fourth-order valence-electron chi connectivity index (χ4n) is 5.05. The molecular weight excluding hydrogens is 476 g/mol. The SMILES string of the molecule is Cc1c(-c2cnn(C)c2)nn(-c2ccccc2)c1NC(=O)N[C@@H]1C[C@@H](C)N(C)[C@H]1c1ccc(F)c(F)c1. The van der Waals surface area contributed by atoms with Gasteiger partial charge >= 0.3 is 6.03 Å². The molecule has 5 rings (SSSR count). The van der Waals surface area contributed by atoms with Gasteiger partial charge in [-0.05, 0) is 57.1 Å². The van der Waals surface area contributed by atoms with E-state index in [9.17, 15) is 13.6 Å². The molecule has 4 aromatic rings. The Morgan fingerprint density at radius 2 is 1.84 bits per heavy atom. The van der Waals surface area contributed by atoms with Crippen LogP contribution in [-0.4, -0.2) is 49.6 Å². The van der Waals surface area contributed by atoms with Gasteiger partial charge in [0.1, 0.15) is 11.5 Å². The van der Waals surface area contributed by atoms with E-state index in [-0.39, 0.29) is 18.1 Å². The van der Waals surface area contributed by atoms with E-state index in [0.29, 0.717) is 23.5 Å². The molecule has 0 spiro atoms. The van der Waals surface area contributed by atoms with E-state index < -0.39 is 17.7 Å². The number of benzene rings is 2. The average molecular weight is 506 g/mol. The van der Waals surface area contributed by atoms with E-state index in [4.69, 9.17) is 5.10 Å². The van der Waals surface area contributed by atoms with Gasteiger partial charge in [-0.2, -0.15) is 10.2 Å². The normalized spacial score (nSPS) is 19.8. The summed E-state index contributed by atoms with van der Waals surface area (Å²) < 4.78 is 31.0. The van der Waals surface area contributed by atoms with Gasteiger partial charge in [0.05, 0.1) is 24.0 Å². The molecule has 3 heterocycles. The molecular formula is C27H29F2N7O. The number of halogens is 2. The number of hydrogen-bond donors (Lipinski definition) is 2. The van der Waals surface area contributed by atoms with Crippen molar-refractivity contribution in [2.45, 2.75) is 38.4 Å². The number of anilines is 1. The van der Waals surface area contributed by atoms with Crippen LogP contribution in [0.4, 0.5) is 19.4 Å². The van der Waals surface area contributed by atoms with Crippen LogP contribution in [0, 0.1) is 18.6 Å². The van der Waals surface area contributed by atoms with E-state index in [1.54, 1.807) is 21.6 Å². The quantitative estimate of drug-likeness (QED) is 0.408. The summed E-state index contributed by atoms with van der Waals surface area (Å²) in [5.41, 5.74) is 3.75. The van der Waals surface area contributed by atoms with Gasteiger partial charge in [-0.25, -0.2) is 18.3 Å². The molecule has 0 radical (unpaired) electrons. The van der Waals surface area contributed by atoms with Gasteiger partial charge in [-0.15, -0.1) is 0 Å². The van der Waals surface area contributed by atoms with E-state index in [2.05, 4.69) is 20.6 Å². The molecule has 8 nitrogen and oxygen atoms in total. The number of nitrogens with one attached hydrogen (secondary N) is 2. The molecule has 0 bridgehead atoms. The molecule has 2 amide bonds. The van der Waals surface area contributed by atoms with Crippen molar-refractivity contribution < 1.29 is 13.6 Å². The first-order valence-electron chi connectivity index (χ1n) is 12.1. The summed E-state index contributed by atoms with van der Waals surface area (Å²) in [6.07, 6.45) is 4.26. The zero-order valence-electron chi connectivity index (χ0n) is 21.1. The lowest BCUT2D eigenvalue weighted by atomic mass is 9.99. The summed E-state index contributed by atoms with van der Waals surface area (Å²) >= 11 is 0. The molecule has 2 aromatic heterocycles. The van der Waals surface area contributed by atoms with Crippen LogP contribution in [0.1, 0.15) is 30.5 Å². The van der Waals surface area contributed by atoms with Crippen LogP contribution in [0.25, 0.3) is 16.9 Å². The largest absolute Gasteiger partial charge is 0.333 e. The number of rotatable bonds is 5. The summed E-state index contributed by atoms with van der Waals surface area (Å²) in [5, 5.41) is 15.1. The monoisotopic (exact) mass is 505 g/mol. The Morgan fingerprint density at radius 3 is 2.51 bits per heavy atom. The topological polar surface area (TPSA) is 80.0 Å². The number of carbonyl (C=O) groups is 1. The standard InChI is InChI=1S/C27H29F2N7O/c1-16-12-23(25(35(16)4)18-10-11-21(28)22(29)13-18)31-27(37)32-26-17(2)24(19-14-30-34(3)15-19)33-36(26)20-8-6-5-7-9-20/h5-11,13-16,23,25H,12H2,1-4H3,(H2,31,32,37)/t16-,23-,25+/m1/s1. The average Bonchev–Trinajstić information content (AvgIpc) is 3.52. The van der Waals surface area contributed by atoms with Crippen LogP contribution in [-0.2, 0) is 7.05 Å². The van der Waals surface area contributed by atoms with E-state index >= 15 is 0 Å². The van der Waals surface area contributed by atoms with Crippen molar-refractivity contribution in [2.75, 3.05) is 12.4 Å². The van der Waals surface area contributed by atoms with Crippen molar-refractivity contribution in [1.82, 2.24) is 29.8 Å². The number of amides is 2. The minimum Gasteiger partial charge on any atom is -0.333 e. The number of aromatic nitrogens is 4. The first kappa shape index (κ1) is 24.6. The Labute approximate surface area is 213 Å². The highest BCUT2D eigenvalue weighted by Crippen LogP contribution is 2.36. The number of nitrogens with zero attached hydrogens (tertiary/aromatic N) is 5. The van der Waals surface area contributed by atoms with Crippen LogP contribution >= 0.6 is 0 Å². The predicted octanol–water partition coefficient (Wildman–Crippen LogP) is 4.81. The third-order valence-corrected chi connectivity index (χ3v) is 7.05. The number of hydrogen-bond acceptors (Lipinski definition) is 4. The second-order valence-electron chi connectivity index (χ2n) is 9.55. The lowest BCUT2D eigenvalue weighted by molar-refractivity contribution is 0.230. The maximum Gasteiger partial charge on any atom is 0.320 e. The van der Waals surface area contributed by atoms with Gasteiger partial charge in [-0.1, -0.05) is 24.3 Å². The van der Waals surface area contributed by atoms with Crippen molar-refractivity contribution in [3.8, 4) is 16.9 Å². The summed E-state index contributed by atoms with van der Waals surface area (Å²) in [6.45, 7) is 3.95. The van der Waals surface area contributed by atoms with Crippen molar-refractivity contribution in [3.63, 3.8) is 0 Å². The molecule has 1 aliphatic heterocycles. The fourth-order valence-corrected chi connectivity index (χ4v) is 5.05. The molecule has 2 N–H and O–H groups in total. The van der Waals surface area contributed by atoms with Crippen molar-refractivity contribution >= 4 is 11.8 Å². The number of likely N-dealkylation sites (tertiary alicyclic amines) is 1. The molecule has 2 aromatic carbocycles. The van der Waals surface area contributed by atoms with Crippen molar-refractivity contribution in [3.05, 3.63) is 83.7 Å². The maximum atomic E-state index is 14.0. The van der Waals surface area contributed by atoms with E-state index in [1.807, 2.05) is 64.5 Å². The second kappa shape index (κ2) is 9.78. The molecule has 10 heteroatoms. The minimum atomic E-state index is -0.904. The minimum absolute atomic E-state index is 0.136. The third-order valence-electron chi connectivity index (χ3n) is 7.05. The summed E-state index contributed by atoms with van der Waals surface area (Å²) in [4.78, 5) is 15.4. The highest BCUT2D eigenvalue weighted by atomic mass is 19.2. The maximum absolute atomic E-state index is 14.0.